The van der Waals surface area contributed by atoms with Crippen LogP contribution in [0.3, 0.4) is 0 Å². The number of hydrogen-bond donors (Lipinski definition) is 3. The summed E-state index contributed by atoms with van der Waals surface area (Å²) in [4.78, 5) is 16.8. The number of amides is 1. The molecule has 1 saturated heterocycles. The van der Waals surface area contributed by atoms with Crippen molar-refractivity contribution in [3.8, 4) is 11.1 Å². The van der Waals surface area contributed by atoms with E-state index in [0.717, 1.165) is 29.7 Å². The van der Waals surface area contributed by atoms with Crippen LogP contribution in [0, 0.1) is 5.41 Å². The Bertz CT molecular complexity index is 682. The molecule has 1 aromatic carbocycles. The van der Waals surface area contributed by atoms with E-state index in [-0.39, 0.29) is 12.5 Å². The zero-order valence-corrected chi connectivity index (χ0v) is 13.7. The predicted molar refractivity (Wildman–Crippen MR) is 93.4 cm³/mol. The van der Waals surface area contributed by atoms with Gasteiger partial charge in [-0.15, -0.1) is 0 Å². The van der Waals surface area contributed by atoms with Gasteiger partial charge in [0.1, 0.15) is 0 Å². The van der Waals surface area contributed by atoms with Gasteiger partial charge in [-0.2, -0.15) is 0 Å². The molecule has 24 heavy (non-hydrogen) atoms. The summed E-state index contributed by atoms with van der Waals surface area (Å²) in [6.07, 6.45) is 5.10. The van der Waals surface area contributed by atoms with E-state index in [0.29, 0.717) is 19.5 Å². The largest absolute Gasteiger partial charge is 0.395 e. The Kier molecular flexibility index (Phi) is 5.23. The molecule has 0 saturated carbocycles. The molecule has 1 aliphatic heterocycles. The third-order valence-electron chi connectivity index (χ3n) is 4.59. The molecule has 5 heteroatoms. The number of aliphatic hydroxyl groups excluding tert-OH is 1. The molecule has 1 aliphatic rings. The second kappa shape index (κ2) is 7.55. The third-order valence-corrected chi connectivity index (χ3v) is 4.59. The first-order valence-electron chi connectivity index (χ1n) is 8.33. The van der Waals surface area contributed by atoms with E-state index in [2.05, 4.69) is 33.8 Å². The van der Waals surface area contributed by atoms with Crippen LogP contribution >= 0.6 is 0 Å². The average Bonchev–Trinajstić information content (AvgIpc) is 3.10. The highest BCUT2D eigenvalue weighted by molar-refractivity contribution is 5.83. The van der Waals surface area contributed by atoms with E-state index in [9.17, 15) is 4.79 Å². The van der Waals surface area contributed by atoms with Crippen LogP contribution in [-0.2, 0) is 11.2 Å². The number of rotatable bonds is 6. The number of hydrogen-bond acceptors (Lipinski definition) is 4. The van der Waals surface area contributed by atoms with Gasteiger partial charge in [-0.1, -0.05) is 30.3 Å². The fourth-order valence-electron chi connectivity index (χ4n) is 3.31. The maximum atomic E-state index is 12.6. The molecule has 0 radical (unpaired) electrons. The minimum atomic E-state index is -0.442. The van der Waals surface area contributed by atoms with E-state index < -0.39 is 5.41 Å². The fourth-order valence-corrected chi connectivity index (χ4v) is 3.31. The van der Waals surface area contributed by atoms with Crippen LogP contribution < -0.4 is 10.6 Å². The normalized spacial score (nSPS) is 20.0. The first-order valence-corrected chi connectivity index (χ1v) is 8.33. The lowest BCUT2D eigenvalue weighted by molar-refractivity contribution is -0.130. The van der Waals surface area contributed by atoms with Crippen LogP contribution in [0.5, 0.6) is 0 Å². The summed E-state index contributed by atoms with van der Waals surface area (Å²) in [6, 6.07) is 12.3. The molecule has 1 unspecified atom stereocenters. The van der Waals surface area contributed by atoms with E-state index >= 15 is 0 Å². The molecule has 0 bridgehead atoms. The second-order valence-corrected chi connectivity index (χ2v) is 6.31. The summed E-state index contributed by atoms with van der Waals surface area (Å²) in [7, 11) is 0. The Morgan fingerprint density at radius 3 is 2.88 bits per heavy atom. The smallest absolute Gasteiger partial charge is 0.227 e. The van der Waals surface area contributed by atoms with E-state index in [4.69, 9.17) is 5.11 Å². The Morgan fingerprint density at radius 2 is 2.17 bits per heavy atom. The summed E-state index contributed by atoms with van der Waals surface area (Å²) in [5, 5.41) is 15.1. The summed E-state index contributed by atoms with van der Waals surface area (Å²) in [5.41, 5.74) is 2.88. The van der Waals surface area contributed by atoms with E-state index in [1.165, 1.54) is 0 Å². The Labute approximate surface area is 142 Å². The van der Waals surface area contributed by atoms with E-state index in [1.54, 1.807) is 6.20 Å². The molecular formula is C19H23N3O2. The lowest BCUT2D eigenvalue weighted by atomic mass is 9.79. The van der Waals surface area contributed by atoms with Gasteiger partial charge in [-0.25, -0.2) is 0 Å². The molecule has 1 aromatic heterocycles. The Hall–Kier alpha value is -2.24. The van der Waals surface area contributed by atoms with E-state index in [1.807, 2.05) is 24.4 Å². The number of carbonyl (C=O) groups is 1. The third kappa shape index (κ3) is 3.63. The molecule has 1 fully saturated rings. The van der Waals surface area contributed by atoms with Gasteiger partial charge in [-0.05, 0) is 42.1 Å². The van der Waals surface area contributed by atoms with Crippen molar-refractivity contribution in [1.82, 2.24) is 15.6 Å². The van der Waals surface area contributed by atoms with Crippen molar-refractivity contribution >= 4 is 5.91 Å². The van der Waals surface area contributed by atoms with Gasteiger partial charge in [0.05, 0.1) is 12.0 Å². The van der Waals surface area contributed by atoms with Crippen LogP contribution in [0.2, 0.25) is 0 Å². The fraction of sp³-hybridized carbons (Fsp3) is 0.368. The zero-order valence-electron chi connectivity index (χ0n) is 13.7. The first kappa shape index (κ1) is 16.6. The highest BCUT2D eigenvalue weighted by Gasteiger charge is 2.41. The molecule has 3 N–H and O–H groups in total. The van der Waals surface area contributed by atoms with Crippen molar-refractivity contribution in [2.75, 3.05) is 26.2 Å². The van der Waals surface area contributed by atoms with Crippen LogP contribution in [0.15, 0.2) is 48.8 Å². The van der Waals surface area contributed by atoms with Gasteiger partial charge in [0.15, 0.2) is 0 Å². The number of nitrogens with one attached hydrogen (secondary N) is 2. The van der Waals surface area contributed by atoms with Crippen molar-refractivity contribution in [1.29, 1.82) is 0 Å². The van der Waals surface area contributed by atoms with Crippen molar-refractivity contribution in [2.24, 2.45) is 5.41 Å². The molecular weight excluding hydrogens is 302 g/mol. The van der Waals surface area contributed by atoms with Crippen LogP contribution in [0.25, 0.3) is 11.1 Å². The van der Waals surface area contributed by atoms with Gasteiger partial charge < -0.3 is 15.7 Å². The Morgan fingerprint density at radius 1 is 1.29 bits per heavy atom. The van der Waals surface area contributed by atoms with Crippen LogP contribution in [0.4, 0.5) is 0 Å². The molecule has 1 atom stereocenters. The lowest BCUT2D eigenvalue weighted by Crippen LogP contribution is -2.45. The number of pyridine rings is 1. The van der Waals surface area contributed by atoms with Gasteiger partial charge in [0, 0.05) is 25.5 Å². The highest BCUT2D eigenvalue weighted by atomic mass is 16.3. The standard InChI is InChI=1S/C19H23N3O2/c23-10-9-22-18(24)19(6-8-21-14-19)12-15-3-1-4-16(11-15)17-5-2-7-20-13-17/h1-5,7,11,13,21,23H,6,8-10,12,14H2,(H,22,24). The van der Waals surface area contributed by atoms with Crippen molar-refractivity contribution in [3.63, 3.8) is 0 Å². The number of aromatic nitrogens is 1. The van der Waals surface area contributed by atoms with Gasteiger partial charge in [-0.3, -0.25) is 9.78 Å². The SMILES string of the molecule is O=C(NCCO)C1(Cc2cccc(-c3cccnc3)c2)CCNC1. The van der Waals surface area contributed by atoms with Crippen molar-refractivity contribution in [2.45, 2.75) is 12.8 Å². The first-order chi connectivity index (χ1) is 11.7. The number of benzene rings is 1. The van der Waals surface area contributed by atoms with Crippen LogP contribution in [-0.4, -0.2) is 42.2 Å². The van der Waals surface area contributed by atoms with Gasteiger partial charge >= 0.3 is 0 Å². The maximum absolute atomic E-state index is 12.6. The lowest BCUT2D eigenvalue weighted by Gasteiger charge is -2.27. The number of nitrogens with zero attached hydrogens (tertiary/aromatic N) is 1. The molecule has 2 aromatic rings. The minimum Gasteiger partial charge on any atom is -0.395 e. The van der Waals surface area contributed by atoms with Gasteiger partial charge in [0.2, 0.25) is 5.91 Å². The molecule has 3 rings (SSSR count). The molecule has 2 heterocycles. The van der Waals surface area contributed by atoms with Crippen molar-refractivity contribution < 1.29 is 9.90 Å². The van der Waals surface area contributed by atoms with Crippen molar-refractivity contribution in [3.05, 3.63) is 54.4 Å². The van der Waals surface area contributed by atoms with Crippen LogP contribution in [0.1, 0.15) is 12.0 Å². The number of aliphatic hydroxyl groups is 1. The summed E-state index contributed by atoms with van der Waals surface area (Å²) in [6.45, 7) is 1.78. The highest BCUT2D eigenvalue weighted by Crippen LogP contribution is 2.31. The maximum Gasteiger partial charge on any atom is 0.227 e. The summed E-state index contributed by atoms with van der Waals surface area (Å²) in [5.74, 6) is 0.0216. The van der Waals surface area contributed by atoms with Gasteiger partial charge in [0.25, 0.3) is 0 Å². The zero-order chi connectivity index (χ0) is 16.8. The minimum absolute atomic E-state index is 0.0216. The summed E-state index contributed by atoms with van der Waals surface area (Å²) >= 11 is 0. The quantitative estimate of drug-likeness (QED) is 0.750. The molecule has 1 amide bonds. The molecule has 5 nitrogen and oxygen atoms in total. The monoisotopic (exact) mass is 325 g/mol. The number of carbonyl (C=O) groups excluding carboxylic acids is 1. The average molecular weight is 325 g/mol. The molecule has 126 valence electrons. The molecule has 0 aliphatic carbocycles. The summed E-state index contributed by atoms with van der Waals surface area (Å²) < 4.78 is 0. The Balaban J connectivity index is 1.82. The second-order valence-electron chi connectivity index (χ2n) is 6.31. The topological polar surface area (TPSA) is 74.2 Å². The molecule has 0 spiro atoms. The predicted octanol–water partition coefficient (Wildman–Crippen LogP) is 1.38.